The molecule has 0 aliphatic carbocycles. The van der Waals surface area contributed by atoms with Crippen LogP contribution in [0.5, 0.6) is 0 Å². The third kappa shape index (κ3) is 2.99. The van der Waals surface area contributed by atoms with Crippen molar-refractivity contribution in [3.05, 3.63) is 12.3 Å². The number of hydrogen-bond donors (Lipinski definition) is 0. The Morgan fingerprint density at radius 3 is 2.65 bits per heavy atom. The summed E-state index contributed by atoms with van der Waals surface area (Å²) < 4.78 is 37.9. The van der Waals surface area contributed by atoms with E-state index in [1.807, 2.05) is 0 Å². The number of carbonyl (C=O) groups excluding carboxylic acids is 3. The number of alkyl halides is 2. The molecule has 0 N–H and O–H groups in total. The number of allylic oxidation sites excluding steroid dienone is 1. The third-order valence-electron chi connectivity index (χ3n) is 4.42. The summed E-state index contributed by atoms with van der Waals surface area (Å²) in [5.41, 5.74) is -1.82. The lowest BCUT2D eigenvalue weighted by Gasteiger charge is -2.32. The first-order valence-electron chi connectivity index (χ1n) is 7.38. The van der Waals surface area contributed by atoms with Gasteiger partial charge in [-0.1, -0.05) is 13.8 Å². The van der Waals surface area contributed by atoms with Gasteiger partial charge in [-0.2, -0.15) is 0 Å². The molecule has 2 aliphatic rings. The lowest BCUT2D eigenvalue weighted by Crippen LogP contribution is -2.46. The van der Waals surface area contributed by atoms with E-state index >= 15 is 0 Å². The summed E-state index contributed by atoms with van der Waals surface area (Å²) in [6.07, 6.45) is -3.04. The van der Waals surface area contributed by atoms with Crippen molar-refractivity contribution in [2.45, 2.75) is 58.0 Å². The van der Waals surface area contributed by atoms with E-state index in [2.05, 4.69) is 0 Å². The molecule has 1 fully saturated rings. The molecule has 2 aliphatic heterocycles. The van der Waals surface area contributed by atoms with Crippen LogP contribution in [0.4, 0.5) is 8.78 Å². The summed E-state index contributed by atoms with van der Waals surface area (Å²) in [6, 6.07) is 0. The van der Waals surface area contributed by atoms with Crippen molar-refractivity contribution in [3.8, 4) is 0 Å². The molecule has 0 spiro atoms. The number of rotatable bonds is 4. The van der Waals surface area contributed by atoms with Gasteiger partial charge in [0, 0.05) is 19.0 Å². The van der Waals surface area contributed by atoms with Crippen molar-refractivity contribution in [1.29, 1.82) is 0 Å². The van der Waals surface area contributed by atoms with Crippen molar-refractivity contribution in [1.82, 2.24) is 4.90 Å². The Morgan fingerprint density at radius 1 is 1.52 bits per heavy atom. The monoisotopic (exact) mass is 331 g/mol. The number of esters is 1. The van der Waals surface area contributed by atoms with Gasteiger partial charge in [-0.25, -0.2) is 8.78 Å². The Hall–Kier alpha value is -1.83. The number of ketones is 1. The van der Waals surface area contributed by atoms with Crippen LogP contribution in [0.15, 0.2) is 12.3 Å². The first-order valence-corrected chi connectivity index (χ1v) is 7.38. The Labute approximate surface area is 132 Å². The largest absolute Gasteiger partial charge is 0.457 e. The normalized spacial score (nSPS) is 34.3. The predicted octanol–water partition coefficient (Wildman–Crippen LogP) is 1.64. The first-order chi connectivity index (χ1) is 10.7. The zero-order chi connectivity index (χ0) is 17.4. The van der Waals surface area contributed by atoms with Crippen molar-refractivity contribution in [3.63, 3.8) is 0 Å². The highest BCUT2D eigenvalue weighted by Crippen LogP contribution is 2.45. The molecule has 1 saturated heterocycles. The van der Waals surface area contributed by atoms with Crippen LogP contribution < -0.4 is 0 Å². The Balaban J connectivity index is 2.39. The second kappa shape index (κ2) is 6.35. The van der Waals surface area contributed by atoms with Crippen molar-refractivity contribution in [2.75, 3.05) is 0 Å². The van der Waals surface area contributed by atoms with Gasteiger partial charge in [0.15, 0.2) is 18.1 Å². The minimum atomic E-state index is -2.81. The fourth-order valence-electron chi connectivity index (χ4n) is 3.07. The SMILES string of the molecule is CC[C@@]1(C(F)F)O[C@@H](N2C=CC(=O)CC2=O)[C@H](OC(C)=O)[C@@H]1C. The molecule has 4 atom stereocenters. The average molecular weight is 331 g/mol. The van der Waals surface area contributed by atoms with Gasteiger partial charge >= 0.3 is 5.97 Å². The second-order valence-corrected chi connectivity index (χ2v) is 5.74. The van der Waals surface area contributed by atoms with Crippen LogP contribution in [0.1, 0.15) is 33.6 Å². The number of amides is 1. The third-order valence-corrected chi connectivity index (χ3v) is 4.42. The van der Waals surface area contributed by atoms with Crippen LogP contribution in [0.3, 0.4) is 0 Å². The van der Waals surface area contributed by atoms with E-state index < -0.39 is 42.2 Å². The van der Waals surface area contributed by atoms with Gasteiger partial charge < -0.3 is 9.47 Å². The molecule has 0 unspecified atom stereocenters. The van der Waals surface area contributed by atoms with Crippen molar-refractivity contribution >= 4 is 17.7 Å². The number of hydrogen-bond acceptors (Lipinski definition) is 5. The molecular formula is C15H19F2NO5. The molecule has 6 nitrogen and oxygen atoms in total. The molecule has 0 radical (unpaired) electrons. The van der Waals surface area contributed by atoms with Crippen LogP contribution in [-0.2, 0) is 23.9 Å². The Morgan fingerprint density at radius 2 is 2.17 bits per heavy atom. The molecule has 0 bridgehead atoms. The number of halogens is 2. The zero-order valence-corrected chi connectivity index (χ0v) is 13.1. The molecule has 0 aromatic heterocycles. The molecule has 1 amide bonds. The van der Waals surface area contributed by atoms with E-state index in [1.165, 1.54) is 19.2 Å². The Bertz CT molecular complexity index is 550. The summed E-state index contributed by atoms with van der Waals surface area (Å²) in [4.78, 5) is 35.7. The van der Waals surface area contributed by atoms with E-state index in [9.17, 15) is 23.2 Å². The minimum Gasteiger partial charge on any atom is -0.457 e. The number of ether oxygens (including phenoxy) is 2. The van der Waals surface area contributed by atoms with E-state index in [-0.39, 0.29) is 18.6 Å². The summed E-state index contributed by atoms with van der Waals surface area (Å²) in [6.45, 7) is 4.22. The molecule has 2 rings (SSSR count). The fourth-order valence-corrected chi connectivity index (χ4v) is 3.07. The molecule has 0 aromatic carbocycles. The van der Waals surface area contributed by atoms with Gasteiger partial charge in [0.25, 0.3) is 6.43 Å². The fraction of sp³-hybridized carbons (Fsp3) is 0.667. The summed E-state index contributed by atoms with van der Waals surface area (Å²) in [5.74, 6) is -2.42. The van der Waals surface area contributed by atoms with Crippen LogP contribution >= 0.6 is 0 Å². The van der Waals surface area contributed by atoms with E-state index in [4.69, 9.17) is 9.47 Å². The van der Waals surface area contributed by atoms with Gasteiger partial charge in [0.1, 0.15) is 5.60 Å². The molecule has 128 valence electrons. The smallest absolute Gasteiger partial charge is 0.303 e. The van der Waals surface area contributed by atoms with Crippen LogP contribution in [0.25, 0.3) is 0 Å². The first kappa shape index (κ1) is 17.5. The maximum Gasteiger partial charge on any atom is 0.303 e. The van der Waals surface area contributed by atoms with E-state index in [0.29, 0.717) is 0 Å². The lowest BCUT2D eigenvalue weighted by molar-refractivity contribution is -0.184. The highest BCUT2D eigenvalue weighted by molar-refractivity contribution is 6.06. The molecular weight excluding hydrogens is 312 g/mol. The van der Waals surface area contributed by atoms with Gasteiger partial charge in [0.2, 0.25) is 5.91 Å². The average Bonchev–Trinajstić information content (AvgIpc) is 2.73. The number of carbonyl (C=O) groups is 3. The van der Waals surface area contributed by atoms with Gasteiger partial charge in [-0.3, -0.25) is 19.3 Å². The van der Waals surface area contributed by atoms with E-state index in [1.54, 1.807) is 6.92 Å². The maximum absolute atomic E-state index is 13.6. The molecule has 8 heteroatoms. The standard InChI is InChI=1S/C15H19F2NO5/c1-4-15(14(16)17)8(2)12(22-9(3)19)13(23-15)18-6-5-10(20)7-11(18)21/h5-6,8,12-14H,4,7H2,1-3H3/t8-,12+,13+,15+/m0/s1. The Kier molecular flexibility index (Phi) is 4.84. The van der Waals surface area contributed by atoms with Gasteiger partial charge in [-0.15, -0.1) is 0 Å². The number of nitrogens with zero attached hydrogens (tertiary/aromatic N) is 1. The van der Waals surface area contributed by atoms with Crippen LogP contribution in [0, 0.1) is 5.92 Å². The summed E-state index contributed by atoms with van der Waals surface area (Å²) in [7, 11) is 0. The van der Waals surface area contributed by atoms with Gasteiger partial charge in [0.05, 0.1) is 6.42 Å². The second-order valence-electron chi connectivity index (χ2n) is 5.74. The highest BCUT2D eigenvalue weighted by Gasteiger charge is 2.60. The molecule has 23 heavy (non-hydrogen) atoms. The highest BCUT2D eigenvalue weighted by atomic mass is 19.3. The maximum atomic E-state index is 13.6. The molecule has 0 saturated carbocycles. The minimum absolute atomic E-state index is 0.00915. The molecule has 0 aromatic rings. The van der Waals surface area contributed by atoms with Crippen LogP contribution in [0.2, 0.25) is 0 Å². The zero-order valence-electron chi connectivity index (χ0n) is 13.1. The topological polar surface area (TPSA) is 72.9 Å². The van der Waals surface area contributed by atoms with Crippen molar-refractivity contribution in [2.24, 2.45) is 5.92 Å². The predicted molar refractivity (Wildman–Crippen MR) is 74.2 cm³/mol. The quantitative estimate of drug-likeness (QED) is 0.578. The summed E-state index contributed by atoms with van der Waals surface area (Å²) in [5, 5.41) is 0. The van der Waals surface area contributed by atoms with Crippen molar-refractivity contribution < 1.29 is 32.6 Å². The lowest BCUT2D eigenvalue weighted by atomic mass is 9.85. The van der Waals surface area contributed by atoms with E-state index in [0.717, 1.165) is 11.8 Å². The molecule has 2 heterocycles. The van der Waals surface area contributed by atoms with Gasteiger partial charge in [-0.05, 0) is 12.5 Å². The summed E-state index contributed by atoms with van der Waals surface area (Å²) >= 11 is 0. The van der Waals surface area contributed by atoms with Crippen LogP contribution in [-0.4, -0.2) is 46.9 Å².